The van der Waals surface area contributed by atoms with Gasteiger partial charge in [-0.15, -0.1) is 11.3 Å². The number of carbonyl (C=O) groups excluding carboxylic acids is 5. The molecule has 68 heavy (non-hydrogen) atoms. The van der Waals surface area contributed by atoms with Gasteiger partial charge in [-0.25, -0.2) is 20.4 Å². The molecule has 362 valence electrons. The van der Waals surface area contributed by atoms with Crippen molar-refractivity contribution >= 4 is 51.8 Å². The third-order valence-electron chi connectivity index (χ3n) is 13.3. The monoisotopic (exact) mass is 950 g/mol. The van der Waals surface area contributed by atoms with Gasteiger partial charge in [-0.05, 0) is 55.7 Å². The molecule has 4 aliphatic rings. The van der Waals surface area contributed by atoms with Crippen LogP contribution in [0.15, 0.2) is 42.3 Å². The zero-order valence-corrected chi connectivity index (χ0v) is 40.6. The number of likely N-dealkylation sites (tertiary alicyclic amines) is 1. The lowest BCUT2D eigenvalue weighted by Crippen LogP contribution is -2.63. The summed E-state index contributed by atoms with van der Waals surface area (Å²) in [6.07, 6.45) is 6.65. The molecule has 4 amide bonds. The zero-order valence-electron chi connectivity index (χ0n) is 39.7. The Morgan fingerprint density at radius 1 is 1.09 bits per heavy atom. The van der Waals surface area contributed by atoms with E-state index in [1.54, 1.807) is 13.8 Å². The Morgan fingerprint density at radius 3 is 2.59 bits per heavy atom. The van der Waals surface area contributed by atoms with Gasteiger partial charge >= 0.3 is 5.97 Å². The molecule has 18 nitrogen and oxygen atoms in total. The number of aryl methyl sites for hydroxylation is 1. The fourth-order valence-electron chi connectivity index (χ4n) is 9.80. The number of ether oxygens (including phenoxy) is 2. The van der Waals surface area contributed by atoms with Crippen LogP contribution < -0.4 is 10.7 Å². The number of hydrogen-bond acceptors (Lipinski definition) is 14. The van der Waals surface area contributed by atoms with Crippen molar-refractivity contribution in [3.05, 3.63) is 52.9 Å². The van der Waals surface area contributed by atoms with Crippen molar-refractivity contribution < 1.29 is 38.6 Å². The van der Waals surface area contributed by atoms with Gasteiger partial charge in [0, 0.05) is 97.8 Å². The van der Waals surface area contributed by atoms with E-state index in [4.69, 9.17) is 14.5 Å². The van der Waals surface area contributed by atoms with Gasteiger partial charge in [0.25, 0.3) is 17.7 Å². The molecule has 4 atom stereocenters. The molecule has 3 fully saturated rings. The lowest BCUT2D eigenvalue weighted by atomic mass is 9.84. The fraction of sp³-hybridized carbons (Fsp3) is 0.551. The number of cyclic esters (lactones) is 1. The van der Waals surface area contributed by atoms with Crippen molar-refractivity contribution in [3.63, 3.8) is 0 Å². The number of carbonyl (C=O) groups is 5. The van der Waals surface area contributed by atoms with Crippen molar-refractivity contribution in [2.24, 2.45) is 11.3 Å². The van der Waals surface area contributed by atoms with Crippen LogP contribution in [0.1, 0.15) is 64.5 Å². The maximum Gasteiger partial charge on any atom is 0.324 e. The average Bonchev–Trinajstić information content (AvgIpc) is 4.06. The molecule has 7 heterocycles. The summed E-state index contributed by atoms with van der Waals surface area (Å²) in [5.41, 5.74) is 6.20. The van der Waals surface area contributed by atoms with Gasteiger partial charge in [-0.2, -0.15) is 0 Å². The number of thiazole rings is 1. The molecule has 1 unspecified atom stereocenters. The minimum Gasteiger partial charge on any atom is -0.464 e. The van der Waals surface area contributed by atoms with Crippen molar-refractivity contribution in [1.82, 2.24) is 50.0 Å². The maximum absolute atomic E-state index is 14.6. The van der Waals surface area contributed by atoms with Gasteiger partial charge in [0.2, 0.25) is 5.91 Å². The van der Waals surface area contributed by atoms with E-state index in [1.807, 2.05) is 23.8 Å². The molecule has 1 aromatic carbocycles. The number of aromatic nitrogens is 4. The molecular weight excluding hydrogens is 889 g/mol. The number of hydrazine groups is 1. The Labute approximate surface area is 400 Å². The summed E-state index contributed by atoms with van der Waals surface area (Å²) in [6, 6.07) is 3.17. The Bertz CT molecular complexity index is 2600. The number of β-amino-alcohol motifs (C(OH)–C–C–N with tert-alkyl or cyclic N) is 1. The number of nitrogens with zero attached hydrogens (tertiary/aromatic N) is 8. The van der Waals surface area contributed by atoms with E-state index >= 15 is 0 Å². The molecule has 0 aliphatic carbocycles. The summed E-state index contributed by atoms with van der Waals surface area (Å²) in [5, 5.41) is 19.6. The van der Waals surface area contributed by atoms with Crippen LogP contribution in [0.25, 0.3) is 33.4 Å². The smallest absolute Gasteiger partial charge is 0.324 e. The van der Waals surface area contributed by atoms with Crippen molar-refractivity contribution in [1.29, 1.82) is 0 Å². The summed E-state index contributed by atoms with van der Waals surface area (Å²) in [5.74, 6) is 2.32. The van der Waals surface area contributed by atoms with Gasteiger partial charge in [0.1, 0.15) is 24.5 Å². The minimum absolute atomic E-state index is 0.0185. The maximum atomic E-state index is 14.6. The second-order valence-electron chi connectivity index (χ2n) is 19.4. The second-order valence-corrected chi connectivity index (χ2v) is 20.3. The fourth-order valence-corrected chi connectivity index (χ4v) is 10.6. The minimum atomic E-state index is -1.95. The third kappa shape index (κ3) is 10.4. The normalized spacial score (nSPS) is 22.8. The topological polar surface area (TPSA) is 205 Å². The Hall–Kier alpha value is -5.78. The van der Waals surface area contributed by atoms with Crippen molar-refractivity contribution in [2.45, 2.75) is 97.0 Å². The quantitative estimate of drug-likeness (QED) is 0.172. The lowest BCUT2D eigenvalue weighted by Gasteiger charge is -2.37. The summed E-state index contributed by atoms with van der Waals surface area (Å²) in [7, 11) is 1.45. The molecule has 19 heteroatoms. The first kappa shape index (κ1) is 48.7. The third-order valence-corrected chi connectivity index (χ3v) is 14.2. The number of morpholine rings is 1. The number of fused-ring (bicyclic) bond motifs is 6. The summed E-state index contributed by atoms with van der Waals surface area (Å²) in [6.45, 7) is 13.8. The van der Waals surface area contributed by atoms with Crippen LogP contribution in [0, 0.1) is 23.2 Å². The molecule has 6 bridgehead atoms. The Morgan fingerprint density at radius 2 is 1.85 bits per heavy atom. The highest BCUT2D eigenvalue weighted by molar-refractivity contribution is 7.10. The number of rotatable bonds is 8. The highest BCUT2D eigenvalue weighted by atomic mass is 32.1. The summed E-state index contributed by atoms with van der Waals surface area (Å²) >= 11 is 1.37. The molecule has 0 radical (unpaired) electrons. The van der Waals surface area contributed by atoms with Gasteiger partial charge < -0.3 is 34.3 Å². The van der Waals surface area contributed by atoms with E-state index in [0.717, 1.165) is 46.4 Å². The molecule has 3 N–H and O–H groups in total. The second kappa shape index (κ2) is 20.4. The van der Waals surface area contributed by atoms with Crippen LogP contribution in [0.5, 0.6) is 0 Å². The van der Waals surface area contributed by atoms with Gasteiger partial charge in [0.05, 0.1) is 49.3 Å². The van der Waals surface area contributed by atoms with Gasteiger partial charge in [-0.1, -0.05) is 39.7 Å². The SMILES string of the molecule is CCn1c(-c2cncnc2)c2c3cc(ccc31)-c1csc(n1)C[C@H](NC(=O)[C@H](C(C)C)N(C)C(=O)C1(O)CCN(C(=O)C#CCN3CCOCC3)C1)C(=O)N1CCC[C@H](N1)C(=O)OCC(C)(C)C2. The van der Waals surface area contributed by atoms with E-state index in [1.165, 1.54) is 39.5 Å². The standard InChI is InChI=1S/C49H62N10O8S/c1-7-58-39-13-12-32-22-34(39)35(43(58)33-25-50-30-51-26-33)24-48(4,5)29-67-46(63)36-10-8-16-59(54-36)45(62)37(23-40-52-38(32)27-68-40)53-44(61)42(31(2)3)55(6)47(64)49(65)14-17-57(28-49)41(60)11-9-15-56-18-20-66-21-19-56/h12-13,22,25-27,30-31,36-37,42,54,65H,7-8,10,14-21,23-24,28-29H2,1-6H3,(H,53,61)/t36-,37-,42-,49?/m0/s1. The van der Waals surface area contributed by atoms with E-state index in [9.17, 15) is 29.1 Å². The van der Waals surface area contributed by atoms with Crippen LogP contribution in [-0.2, 0) is 52.8 Å². The highest BCUT2D eigenvalue weighted by Gasteiger charge is 2.48. The first-order chi connectivity index (χ1) is 32.6. The molecule has 4 aliphatic heterocycles. The molecule has 0 saturated carbocycles. The van der Waals surface area contributed by atoms with Gasteiger partial charge in [0.15, 0.2) is 5.60 Å². The first-order valence-corrected chi connectivity index (χ1v) is 24.4. The predicted octanol–water partition coefficient (Wildman–Crippen LogP) is 2.67. The lowest BCUT2D eigenvalue weighted by molar-refractivity contribution is -0.156. The van der Waals surface area contributed by atoms with E-state index in [0.29, 0.717) is 56.3 Å². The van der Waals surface area contributed by atoms with Gasteiger partial charge in [-0.3, -0.25) is 33.9 Å². The van der Waals surface area contributed by atoms with Crippen LogP contribution in [0.3, 0.4) is 0 Å². The molecule has 0 spiro atoms. The molecule has 4 aromatic rings. The number of esters is 1. The number of amides is 4. The zero-order chi connectivity index (χ0) is 48.3. The predicted molar refractivity (Wildman–Crippen MR) is 254 cm³/mol. The van der Waals surface area contributed by atoms with Crippen LogP contribution in [0.2, 0.25) is 0 Å². The van der Waals surface area contributed by atoms with E-state index in [2.05, 4.69) is 74.9 Å². The first-order valence-electron chi connectivity index (χ1n) is 23.5. The Balaban J connectivity index is 1.07. The van der Waals surface area contributed by atoms with Crippen molar-refractivity contribution in [2.75, 3.05) is 66.1 Å². The van der Waals surface area contributed by atoms with Crippen molar-refractivity contribution in [3.8, 4) is 34.4 Å². The molecule has 3 saturated heterocycles. The Kier molecular flexibility index (Phi) is 14.6. The molecule has 8 rings (SSSR count). The number of aliphatic hydroxyl groups is 1. The molecular formula is C49H62N10O8S. The highest BCUT2D eigenvalue weighted by Crippen LogP contribution is 2.40. The van der Waals surface area contributed by atoms with E-state index < -0.39 is 64.7 Å². The number of nitrogens with one attached hydrogen (secondary N) is 2. The van der Waals surface area contributed by atoms with Crippen LogP contribution in [-0.4, -0.2) is 164 Å². The van der Waals surface area contributed by atoms with Crippen LogP contribution in [0.4, 0.5) is 0 Å². The van der Waals surface area contributed by atoms with Crippen LogP contribution >= 0.6 is 11.3 Å². The average molecular weight is 951 g/mol. The van der Waals surface area contributed by atoms with E-state index in [-0.39, 0.29) is 39.1 Å². The summed E-state index contributed by atoms with van der Waals surface area (Å²) < 4.78 is 13.7. The number of benzene rings is 1. The number of hydrogen-bond donors (Lipinski definition) is 3. The largest absolute Gasteiger partial charge is 0.464 e. The number of likely N-dealkylation sites (N-methyl/N-ethyl adjacent to an activating group) is 1. The molecule has 3 aromatic heterocycles. The summed E-state index contributed by atoms with van der Waals surface area (Å²) in [4.78, 5) is 88.6.